The molecule has 0 bridgehead atoms. The number of benzene rings is 1. The van der Waals surface area contributed by atoms with Crippen molar-refractivity contribution in [1.29, 1.82) is 0 Å². The van der Waals surface area contributed by atoms with Crippen LogP contribution in [-0.4, -0.2) is 31.4 Å². The van der Waals surface area contributed by atoms with E-state index in [0.717, 1.165) is 6.07 Å². The number of nitrogens with two attached hydrogens (primary N) is 1. The quantitative estimate of drug-likeness (QED) is 0.626. The molecule has 0 spiro atoms. The lowest BCUT2D eigenvalue weighted by atomic mass is 10.3. The Morgan fingerprint density at radius 1 is 1.56 bits per heavy atom. The third-order valence-electron chi connectivity index (χ3n) is 1.57. The monoisotopic (exact) mass is 225 g/mol. The lowest BCUT2D eigenvalue weighted by Crippen LogP contribution is -2.16. The van der Waals surface area contributed by atoms with E-state index in [1.54, 1.807) is 19.0 Å². The first kappa shape index (κ1) is 12.0. The summed E-state index contributed by atoms with van der Waals surface area (Å²) in [5, 5.41) is 0. The molecule has 2 N–H and O–H groups in total. The van der Waals surface area contributed by atoms with Crippen LogP contribution < -0.4 is 10.5 Å². The molecule has 0 atom stereocenters. The smallest absolute Gasteiger partial charge is 0.409 e. The average Bonchev–Trinajstić information content (AvgIpc) is 2.15. The van der Waals surface area contributed by atoms with Crippen LogP contribution in [0.1, 0.15) is 0 Å². The van der Waals surface area contributed by atoms with E-state index in [1.807, 2.05) is 0 Å². The Balaban J connectivity index is 2.87. The van der Waals surface area contributed by atoms with E-state index in [2.05, 4.69) is 9.73 Å². The molecule has 1 amide bonds. The molecule has 0 radical (unpaired) electrons. The average molecular weight is 225 g/mol. The molecular weight excluding hydrogens is 213 g/mol. The summed E-state index contributed by atoms with van der Waals surface area (Å²) in [5.74, 6) is -0.536. The highest BCUT2D eigenvalue weighted by Crippen LogP contribution is 2.22. The van der Waals surface area contributed by atoms with Crippen LogP contribution in [0.5, 0.6) is 5.75 Å². The molecule has 1 rings (SSSR count). The molecule has 6 heteroatoms. The van der Waals surface area contributed by atoms with Crippen LogP contribution in [0.3, 0.4) is 0 Å². The van der Waals surface area contributed by atoms with Crippen LogP contribution in [0, 0.1) is 5.82 Å². The molecule has 0 fully saturated rings. The summed E-state index contributed by atoms with van der Waals surface area (Å²) in [5.41, 5.74) is 4.95. The zero-order chi connectivity index (χ0) is 12.1. The molecule has 0 unspecified atom stereocenters. The molecule has 0 aliphatic carbocycles. The zero-order valence-corrected chi connectivity index (χ0v) is 8.98. The topological polar surface area (TPSA) is 67.9 Å². The molecule has 0 aromatic heterocycles. The van der Waals surface area contributed by atoms with Gasteiger partial charge in [0.15, 0.2) is 5.82 Å². The van der Waals surface area contributed by atoms with Crippen molar-refractivity contribution in [2.75, 3.05) is 14.1 Å². The van der Waals surface area contributed by atoms with E-state index < -0.39 is 11.9 Å². The first-order valence-corrected chi connectivity index (χ1v) is 4.46. The molecular formula is C10H12FN3O2. The number of ether oxygens (including phenoxy) is 1. The number of halogens is 1. The number of amides is 1. The van der Waals surface area contributed by atoms with Crippen molar-refractivity contribution in [3.05, 3.63) is 24.0 Å². The molecule has 5 nitrogen and oxygen atoms in total. The largest absolute Gasteiger partial charge is 0.410 e. The van der Waals surface area contributed by atoms with Gasteiger partial charge in [-0.25, -0.2) is 14.2 Å². The van der Waals surface area contributed by atoms with Gasteiger partial charge in [-0.2, -0.15) is 0 Å². The van der Waals surface area contributed by atoms with E-state index in [4.69, 9.17) is 5.73 Å². The van der Waals surface area contributed by atoms with Crippen LogP contribution in [0.4, 0.5) is 14.9 Å². The summed E-state index contributed by atoms with van der Waals surface area (Å²) in [7, 11) is 3.54. The van der Waals surface area contributed by atoms with Gasteiger partial charge in [0.2, 0.25) is 0 Å². The lowest BCUT2D eigenvalue weighted by Gasteiger charge is -2.04. The van der Waals surface area contributed by atoms with Crippen LogP contribution in [-0.2, 0) is 0 Å². The predicted octanol–water partition coefficient (Wildman–Crippen LogP) is 1.50. The number of primary amides is 1. The van der Waals surface area contributed by atoms with Crippen molar-refractivity contribution in [3.63, 3.8) is 0 Å². The molecule has 0 saturated carbocycles. The third kappa shape index (κ3) is 3.56. The molecule has 1 aromatic carbocycles. The lowest BCUT2D eigenvalue weighted by molar-refractivity contribution is 0.210. The van der Waals surface area contributed by atoms with Crippen molar-refractivity contribution in [2.45, 2.75) is 0 Å². The molecule has 1 aromatic rings. The maximum Gasteiger partial charge on any atom is 0.409 e. The van der Waals surface area contributed by atoms with Gasteiger partial charge in [0.05, 0.1) is 6.34 Å². The van der Waals surface area contributed by atoms with Crippen LogP contribution >= 0.6 is 0 Å². The second kappa shape index (κ2) is 5.11. The number of rotatable bonds is 3. The highest BCUT2D eigenvalue weighted by molar-refractivity contribution is 5.68. The van der Waals surface area contributed by atoms with Crippen molar-refractivity contribution in [1.82, 2.24) is 4.90 Å². The fourth-order valence-corrected chi connectivity index (χ4v) is 0.950. The Morgan fingerprint density at radius 2 is 2.25 bits per heavy atom. The Hall–Kier alpha value is -2.11. The second-order valence-electron chi connectivity index (χ2n) is 3.24. The first-order valence-electron chi connectivity index (χ1n) is 4.46. The Morgan fingerprint density at radius 3 is 2.75 bits per heavy atom. The molecule has 0 heterocycles. The fraction of sp³-hybridized carbons (Fsp3) is 0.200. The number of carbonyl (C=O) groups is 1. The van der Waals surface area contributed by atoms with Crippen molar-refractivity contribution < 1.29 is 13.9 Å². The maximum absolute atomic E-state index is 13.4. The van der Waals surface area contributed by atoms with Crippen molar-refractivity contribution in [3.8, 4) is 5.75 Å². The Kier molecular flexibility index (Phi) is 3.82. The molecule has 0 aliphatic heterocycles. The van der Waals surface area contributed by atoms with Gasteiger partial charge in [0.25, 0.3) is 0 Å². The summed E-state index contributed by atoms with van der Waals surface area (Å²) in [6.45, 7) is 0. The highest BCUT2D eigenvalue weighted by atomic mass is 19.1. The summed E-state index contributed by atoms with van der Waals surface area (Å²) in [6.07, 6.45) is 0.483. The summed E-state index contributed by atoms with van der Waals surface area (Å²) in [6, 6.07) is 3.86. The number of nitrogens with zero attached hydrogens (tertiary/aromatic N) is 2. The molecule has 16 heavy (non-hydrogen) atoms. The van der Waals surface area contributed by atoms with Crippen molar-refractivity contribution in [2.24, 2.45) is 10.7 Å². The van der Waals surface area contributed by atoms with Gasteiger partial charge in [0, 0.05) is 20.2 Å². The van der Waals surface area contributed by atoms with E-state index in [1.165, 1.54) is 18.5 Å². The van der Waals surface area contributed by atoms with Gasteiger partial charge in [-0.05, 0) is 12.1 Å². The zero-order valence-electron chi connectivity index (χ0n) is 8.98. The summed E-state index contributed by atoms with van der Waals surface area (Å²) in [4.78, 5) is 16.0. The Bertz CT molecular complexity index is 419. The fourth-order valence-electron chi connectivity index (χ4n) is 0.950. The summed E-state index contributed by atoms with van der Waals surface area (Å²) < 4.78 is 17.9. The van der Waals surface area contributed by atoms with Gasteiger partial charge in [0.1, 0.15) is 11.4 Å². The molecule has 0 saturated heterocycles. The van der Waals surface area contributed by atoms with Crippen LogP contribution in [0.15, 0.2) is 23.2 Å². The van der Waals surface area contributed by atoms with E-state index in [0.29, 0.717) is 0 Å². The van der Waals surface area contributed by atoms with Gasteiger partial charge >= 0.3 is 6.09 Å². The maximum atomic E-state index is 13.4. The SMILES string of the molecule is CN(C)/C=N/c1ccc(OC(N)=O)cc1F. The first-order chi connectivity index (χ1) is 7.49. The van der Waals surface area contributed by atoms with E-state index >= 15 is 0 Å². The van der Waals surface area contributed by atoms with Gasteiger partial charge in [-0.3, -0.25) is 0 Å². The van der Waals surface area contributed by atoms with Gasteiger partial charge in [-0.1, -0.05) is 0 Å². The summed E-state index contributed by atoms with van der Waals surface area (Å²) >= 11 is 0. The number of hydrogen-bond donors (Lipinski definition) is 1. The minimum atomic E-state index is -0.982. The van der Waals surface area contributed by atoms with Gasteiger partial charge < -0.3 is 15.4 Å². The van der Waals surface area contributed by atoms with E-state index in [-0.39, 0.29) is 11.4 Å². The van der Waals surface area contributed by atoms with E-state index in [9.17, 15) is 9.18 Å². The molecule has 86 valence electrons. The van der Waals surface area contributed by atoms with Gasteiger partial charge in [-0.15, -0.1) is 0 Å². The Labute approximate surface area is 92.3 Å². The highest BCUT2D eigenvalue weighted by Gasteiger charge is 2.04. The number of hydrogen-bond acceptors (Lipinski definition) is 3. The second-order valence-corrected chi connectivity index (χ2v) is 3.24. The predicted molar refractivity (Wildman–Crippen MR) is 58.5 cm³/mol. The number of carbonyl (C=O) groups excluding carboxylic acids is 1. The number of aliphatic imine (C=N–C) groups is 1. The standard InChI is InChI=1S/C10H12FN3O2/c1-14(2)6-13-9-4-3-7(5-8(9)11)16-10(12)15/h3-6H,1-2H3,(H2,12,15)/b13-6+. The van der Waals surface area contributed by atoms with Crippen LogP contribution in [0.25, 0.3) is 0 Å². The normalized spacial score (nSPS) is 10.4. The minimum Gasteiger partial charge on any atom is -0.410 e. The van der Waals surface area contributed by atoms with Crippen LogP contribution in [0.2, 0.25) is 0 Å². The third-order valence-corrected chi connectivity index (χ3v) is 1.57. The van der Waals surface area contributed by atoms with Crippen molar-refractivity contribution >= 4 is 18.1 Å². The minimum absolute atomic E-state index is 0.0498. The molecule has 0 aliphatic rings.